The van der Waals surface area contributed by atoms with Crippen molar-refractivity contribution in [1.82, 2.24) is 4.98 Å². The molecule has 0 atom stereocenters. The number of rotatable bonds is 3. The molecule has 0 amide bonds. The molecule has 1 aromatic carbocycles. The highest BCUT2D eigenvalue weighted by Crippen LogP contribution is 2.24. The molecule has 0 bridgehead atoms. The van der Waals surface area contributed by atoms with Crippen LogP contribution in [0.1, 0.15) is 11.1 Å². The molecule has 0 aliphatic rings. The summed E-state index contributed by atoms with van der Waals surface area (Å²) in [4.78, 5) is 3.97. The van der Waals surface area contributed by atoms with Crippen LogP contribution in [-0.4, -0.2) is 4.98 Å². The SMILES string of the molecule is Cc1cc(Br)ccc1OCc1ccc(Cl)nc1Cl. The van der Waals surface area contributed by atoms with Gasteiger partial charge in [0.1, 0.15) is 22.7 Å². The number of hydrogen-bond donors (Lipinski definition) is 0. The van der Waals surface area contributed by atoms with Gasteiger partial charge in [-0.1, -0.05) is 39.1 Å². The van der Waals surface area contributed by atoms with Gasteiger partial charge in [0, 0.05) is 10.0 Å². The molecule has 0 saturated heterocycles. The Morgan fingerprint density at radius 1 is 1.22 bits per heavy atom. The van der Waals surface area contributed by atoms with Crippen LogP contribution >= 0.6 is 39.1 Å². The molecule has 0 spiro atoms. The zero-order valence-electron chi connectivity index (χ0n) is 9.58. The standard InChI is InChI=1S/C13H10BrCl2NO/c1-8-6-10(14)3-4-11(8)18-7-9-2-5-12(15)17-13(9)16/h2-6H,7H2,1H3. The number of halogens is 3. The number of aromatic nitrogens is 1. The lowest BCUT2D eigenvalue weighted by atomic mass is 10.2. The number of benzene rings is 1. The maximum atomic E-state index is 5.98. The molecule has 2 aromatic rings. The highest BCUT2D eigenvalue weighted by Gasteiger charge is 2.05. The fourth-order valence-electron chi connectivity index (χ4n) is 1.48. The second kappa shape index (κ2) is 5.91. The Morgan fingerprint density at radius 3 is 2.67 bits per heavy atom. The lowest BCUT2D eigenvalue weighted by molar-refractivity contribution is 0.303. The summed E-state index contributed by atoms with van der Waals surface area (Å²) in [5, 5.41) is 0.751. The molecule has 0 fully saturated rings. The number of aryl methyl sites for hydroxylation is 1. The van der Waals surface area contributed by atoms with Crippen molar-refractivity contribution >= 4 is 39.1 Å². The molecule has 0 aliphatic carbocycles. The molecule has 0 saturated carbocycles. The van der Waals surface area contributed by atoms with E-state index in [2.05, 4.69) is 20.9 Å². The monoisotopic (exact) mass is 345 g/mol. The number of hydrogen-bond acceptors (Lipinski definition) is 2. The first kappa shape index (κ1) is 13.7. The summed E-state index contributed by atoms with van der Waals surface area (Å²) >= 11 is 15.1. The maximum Gasteiger partial charge on any atom is 0.137 e. The molecular weight excluding hydrogens is 337 g/mol. The maximum absolute atomic E-state index is 5.98. The van der Waals surface area contributed by atoms with Gasteiger partial charge in [-0.3, -0.25) is 0 Å². The summed E-state index contributed by atoms with van der Waals surface area (Å²) in [5.74, 6) is 0.823. The van der Waals surface area contributed by atoms with Gasteiger partial charge < -0.3 is 4.74 Å². The topological polar surface area (TPSA) is 22.1 Å². The van der Waals surface area contributed by atoms with E-state index in [1.165, 1.54) is 0 Å². The van der Waals surface area contributed by atoms with Crippen LogP contribution in [0.25, 0.3) is 0 Å². The molecule has 0 N–H and O–H groups in total. The van der Waals surface area contributed by atoms with Crippen molar-refractivity contribution < 1.29 is 4.74 Å². The summed E-state index contributed by atoms with van der Waals surface area (Å²) in [6.07, 6.45) is 0. The second-order valence-electron chi connectivity index (χ2n) is 3.78. The van der Waals surface area contributed by atoms with Crippen LogP contribution in [0.2, 0.25) is 10.3 Å². The molecule has 18 heavy (non-hydrogen) atoms. The fraction of sp³-hybridized carbons (Fsp3) is 0.154. The van der Waals surface area contributed by atoms with Crippen molar-refractivity contribution in [3.05, 3.63) is 56.2 Å². The zero-order valence-corrected chi connectivity index (χ0v) is 12.7. The fourth-order valence-corrected chi connectivity index (χ4v) is 2.35. The van der Waals surface area contributed by atoms with Crippen molar-refractivity contribution in [2.45, 2.75) is 13.5 Å². The predicted molar refractivity (Wildman–Crippen MR) is 77.5 cm³/mol. The minimum Gasteiger partial charge on any atom is -0.489 e. The van der Waals surface area contributed by atoms with E-state index in [-0.39, 0.29) is 0 Å². The van der Waals surface area contributed by atoms with E-state index >= 15 is 0 Å². The quantitative estimate of drug-likeness (QED) is 0.726. The van der Waals surface area contributed by atoms with E-state index in [1.807, 2.05) is 31.2 Å². The molecule has 0 unspecified atom stereocenters. The normalized spacial score (nSPS) is 10.4. The summed E-state index contributed by atoms with van der Waals surface area (Å²) in [5.41, 5.74) is 1.87. The van der Waals surface area contributed by atoms with Gasteiger partial charge in [0.05, 0.1) is 0 Å². The van der Waals surface area contributed by atoms with E-state index in [1.54, 1.807) is 6.07 Å². The zero-order chi connectivity index (χ0) is 13.1. The first-order valence-electron chi connectivity index (χ1n) is 5.26. The van der Waals surface area contributed by atoms with E-state index in [0.717, 1.165) is 21.3 Å². The highest BCUT2D eigenvalue weighted by atomic mass is 79.9. The van der Waals surface area contributed by atoms with Crippen molar-refractivity contribution in [2.24, 2.45) is 0 Å². The summed E-state index contributed by atoms with van der Waals surface area (Å²) < 4.78 is 6.74. The number of ether oxygens (including phenoxy) is 1. The van der Waals surface area contributed by atoms with Gasteiger partial charge in [-0.2, -0.15) is 0 Å². The first-order chi connectivity index (χ1) is 8.56. The van der Waals surface area contributed by atoms with Gasteiger partial charge in [0.25, 0.3) is 0 Å². The van der Waals surface area contributed by atoms with Crippen molar-refractivity contribution in [3.63, 3.8) is 0 Å². The van der Waals surface area contributed by atoms with Gasteiger partial charge in [-0.05, 0) is 42.8 Å². The van der Waals surface area contributed by atoms with Gasteiger partial charge in [0.2, 0.25) is 0 Å². The molecule has 5 heteroatoms. The molecule has 2 rings (SSSR count). The molecule has 1 heterocycles. The Labute approximate surface area is 124 Å². The van der Waals surface area contributed by atoms with E-state index < -0.39 is 0 Å². The molecule has 2 nitrogen and oxygen atoms in total. The third kappa shape index (κ3) is 3.37. The van der Waals surface area contributed by atoms with Crippen LogP contribution in [0.15, 0.2) is 34.8 Å². The second-order valence-corrected chi connectivity index (χ2v) is 5.44. The van der Waals surface area contributed by atoms with Crippen LogP contribution in [0, 0.1) is 6.92 Å². The number of pyridine rings is 1. The van der Waals surface area contributed by atoms with Gasteiger partial charge in [-0.25, -0.2) is 4.98 Å². The molecular formula is C13H10BrCl2NO. The largest absolute Gasteiger partial charge is 0.489 e. The number of nitrogens with zero attached hydrogens (tertiary/aromatic N) is 1. The lowest BCUT2D eigenvalue weighted by Crippen LogP contribution is -1.99. The molecule has 0 radical (unpaired) electrons. The van der Waals surface area contributed by atoms with E-state index in [9.17, 15) is 0 Å². The Morgan fingerprint density at radius 2 is 2.00 bits per heavy atom. The lowest BCUT2D eigenvalue weighted by Gasteiger charge is -2.10. The van der Waals surface area contributed by atoms with Gasteiger partial charge >= 0.3 is 0 Å². The van der Waals surface area contributed by atoms with Crippen molar-refractivity contribution in [1.29, 1.82) is 0 Å². The minimum atomic E-state index is 0.367. The smallest absolute Gasteiger partial charge is 0.137 e. The molecule has 94 valence electrons. The average molecular weight is 347 g/mol. The van der Waals surface area contributed by atoms with Crippen molar-refractivity contribution in [2.75, 3.05) is 0 Å². The third-order valence-electron chi connectivity index (χ3n) is 2.41. The van der Waals surface area contributed by atoms with E-state index in [0.29, 0.717) is 16.9 Å². The summed E-state index contributed by atoms with van der Waals surface area (Å²) in [6.45, 7) is 2.35. The van der Waals surface area contributed by atoms with Crippen LogP contribution in [0.5, 0.6) is 5.75 Å². The third-order valence-corrected chi connectivity index (χ3v) is 3.44. The summed E-state index contributed by atoms with van der Waals surface area (Å²) in [7, 11) is 0. The Kier molecular flexibility index (Phi) is 4.49. The Hall–Kier alpha value is -0.770. The first-order valence-corrected chi connectivity index (χ1v) is 6.81. The van der Waals surface area contributed by atoms with Crippen LogP contribution in [-0.2, 0) is 6.61 Å². The van der Waals surface area contributed by atoms with Crippen LogP contribution in [0.3, 0.4) is 0 Å². The van der Waals surface area contributed by atoms with Gasteiger partial charge in [0.15, 0.2) is 0 Å². The highest BCUT2D eigenvalue weighted by molar-refractivity contribution is 9.10. The van der Waals surface area contributed by atoms with Crippen LogP contribution in [0.4, 0.5) is 0 Å². The molecule has 1 aromatic heterocycles. The van der Waals surface area contributed by atoms with E-state index in [4.69, 9.17) is 27.9 Å². The predicted octanol–water partition coefficient (Wildman–Crippen LogP) is 5.04. The van der Waals surface area contributed by atoms with Gasteiger partial charge in [-0.15, -0.1) is 0 Å². The average Bonchev–Trinajstić information content (AvgIpc) is 2.30. The minimum absolute atomic E-state index is 0.367. The Bertz CT molecular complexity index is 523. The van der Waals surface area contributed by atoms with Crippen molar-refractivity contribution in [3.8, 4) is 5.75 Å². The summed E-state index contributed by atoms with van der Waals surface area (Å²) in [6, 6.07) is 9.35. The van der Waals surface area contributed by atoms with Crippen LogP contribution < -0.4 is 4.74 Å². The molecule has 0 aliphatic heterocycles. The Balaban J connectivity index is 2.11.